The number of hydrogen-bond acceptors (Lipinski definition) is 4. The summed E-state index contributed by atoms with van der Waals surface area (Å²) in [5, 5.41) is 3.33. The van der Waals surface area contributed by atoms with Gasteiger partial charge >= 0.3 is 5.97 Å². The maximum absolute atomic E-state index is 12.1. The Hall–Kier alpha value is -1.97. The first-order valence-corrected chi connectivity index (χ1v) is 7.02. The van der Waals surface area contributed by atoms with Crippen molar-refractivity contribution in [2.75, 3.05) is 19.0 Å². The van der Waals surface area contributed by atoms with Gasteiger partial charge in [-0.2, -0.15) is 0 Å². The summed E-state index contributed by atoms with van der Waals surface area (Å²) in [5.41, 5.74) is 2.19. The molecule has 0 aromatic heterocycles. The zero-order valence-electron chi connectivity index (χ0n) is 11.8. The van der Waals surface area contributed by atoms with Crippen molar-refractivity contribution in [3.63, 3.8) is 0 Å². The van der Waals surface area contributed by atoms with E-state index in [-0.39, 0.29) is 23.8 Å². The Labute approximate surface area is 118 Å². The molecule has 0 saturated heterocycles. The van der Waals surface area contributed by atoms with Crippen LogP contribution in [0, 0.1) is 5.92 Å². The van der Waals surface area contributed by atoms with Crippen LogP contribution in [-0.2, 0) is 9.53 Å². The highest BCUT2D eigenvalue weighted by atomic mass is 16.5. The SMILES string of the molecule is CCOC(=O)C1Nc2ccc(OC)cc2[C@H]2C=CC[C@@H]12. The quantitative estimate of drug-likeness (QED) is 0.679. The van der Waals surface area contributed by atoms with Gasteiger partial charge in [-0.05, 0) is 37.1 Å². The van der Waals surface area contributed by atoms with Crippen LogP contribution in [0.2, 0.25) is 0 Å². The third-order valence-corrected chi connectivity index (χ3v) is 4.11. The van der Waals surface area contributed by atoms with E-state index in [1.165, 1.54) is 5.56 Å². The molecular weight excluding hydrogens is 254 g/mol. The number of methoxy groups -OCH3 is 1. The maximum atomic E-state index is 12.1. The monoisotopic (exact) mass is 273 g/mol. The number of ether oxygens (including phenoxy) is 2. The van der Waals surface area contributed by atoms with E-state index >= 15 is 0 Å². The molecule has 20 heavy (non-hydrogen) atoms. The van der Waals surface area contributed by atoms with Crippen molar-refractivity contribution < 1.29 is 14.3 Å². The fourth-order valence-electron chi connectivity index (χ4n) is 3.16. The second-order valence-electron chi connectivity index (χ2n) is 5.18. The summed E-state index contributed by atoms with van der Waals surface area (Å²) >= 11 is 0. The summed E-state index contributed by atoms with van der Waals surface area (Å²) in [4.78, 5) is 12.1. The highest BCUT2D eigenvalue weighted by Gasteiger charge is 2.41. The minimum absolute atomic E-state index is 0.160. The summed E-state index contributed by atoms with van der Waals surface area (Å²) in [6.07, 6.45) is 5.24. The van der Waals surface area contributed by atoms with E-state index in [1.54, 1.807) is 7.11 Å². The minimum Gasteiger partial charge on any atom is -0.497 e. The molecular formula is C16H19NO3. The lowest BCUT2D eigenvalue weighted by molar-refractivity contribution is -0.145. The molecule has 1 aliphatic carbocycles. The number of fused-ring (bicyclic) bond motifs is 3. The first kappa shape index (κ1) is 13.0. The van der Waals surface area contributed by atoms with Crippen LogP contribution in [-0.4, -0.2) is 25.7 Å². The summed E-state index contributed by atoms with van der Waals surface area (Å²) in [5.74, 6) is 1.18. The Bertz CT molecular complexity index is 553. The molecule has 0 spiro atoms. The van der Waals surface area contributed by atoms with Crippen LogP contribution in [0.15, 0.2) is 30.4 Å². The van der Waals surface area contributed by atoms with E-state index in [2.05, 4.69) is 23.5 Å². The van der Waals surface area contributed by atoms with Crippen molar-refractivity contribution in [3.8, 4) is 5.75 Å². The average molecular weight is 273 g/mol. The number of anilines is 1. The first-order valence-electron chi connectivity index (χ1n) is 7.02. The van der Waals surface area contributed by atoms with Crippen molar-refractivity contribution in [1.29, 1.82) is 0 Å². The van der Waals surface area contributed by atoms with Gasteiger partial charge in [-0.25, -0.2) is 4.79 Å². The van der Waals surface area contributed by atoms with E-state index in [9.17, 15) is 4.79 Å². The van der Waals surface area contributed by atoms with E-state index in [0.717, 1.165) is 17.9 Å². The summed E-state index contributed by atoms with van der Waals surface area (Å²) in [6, 6.07) is 5.67. The van der Waals surface area contributed by atoms with Gasteiger partial charge in [0.25, 0.3) is 0 Å². The van der Waals surface area contributed by atoms with Crippen molar-refractivity contribution in [1.82, 2.24) is 0 Å². The molecule has 106 valence electrons. The van der Waals surface area contributed by atoms with Crippen LogP contribution < -0.4 is 10.1 Å². The average Bonchev–Trinajstić information content (AvgIpc) is 2.95. The van der Waals surface area contributed by atoms with Crippen LogP contribution in [0.25, 0.3) is 0 Å². The van der Waals surface area contributed by atoms with E-state index < -0.39 is 0 Å². The third-order valence-electron chi connectivity index (χ3n) is 4.11. The second-order valence-corrected chi connectivity index (χ2v) is 5.18. The predicted octanol–water partition coefficient (Wildman–Crippen LogP) is 2.71. The van der Waals surface area contributed by atoms with Crippen LogP contribution in [0.4, 0.5) is 5.69 Å². The molecule has 4 heteroatoms. The number of rotatable bonds is 3. The topological polar surface area (TPSA) is 47.6 Å². The Morgan fingerprint density at radius 3 is 3.05 bits per heavy atom. The molecule has 1 N–H and O–H groups in total. The molecule has 0 amide bonds. The van der Waals surface area contributed by atoms with Gasteiger partial charge in [0.1, 0.15) is 11.8 Å². The molecule has 1 heterocycles. The van der Waals surface area contributed by atoms with Gasteiger partial charge in [0, 0.05) is 17.5 Å². The third kappa shape index (κ3) is 2.05. The fraction of sp³-hybridized carbons (Fsp3) is 0.438. The number of hydrogen-bond donors (Lipinski definition) is 1. The van der Waals surface area contributed by atoms with Crippen LogP contribution in [0.5, 0.6) is 5.75 Å². The van der Waals surface area contributed by atoms with Crippen LogP contribution in [0.3, 0.4) is 0 Å². The number of nitrogens with one attached hydrogen (secondary N) is 1. The number of esters is 1. The number of benzene rings is 1. The molecule has 0 bridgehead atoms. The van der Waals surface area contributed by atoms with Gasteiger partial charge < -0.3 is 14.8 Å². The second kappa shape index (κ2) is 5.19. The lowest BCUT2D eigenvalue weighted by Gasteiger charge is -2.35. The summed E-state index contributed by atoms with van der Waals surface area (Å²) in [6.45, 7) is 2.25. The number of carbonyl (C=O) groups is 1. The van der Waals surface area contributed by atoms with Crippen LogP contribution >= 0.6 is 0 Å². The zero-order chi connectivity index (χ0) is 14.1. The van der Waals surface area contributed by atoms with Crippen molar-refractivity contribution in [2.24, 2.45) is 5.92 Å². The first-order chi connectivity index (χ1) is 9.74. The highest BCUT2D eigenvalue weighted by Crippen LogP contribution is 2.45. The molecule has 0 saturated carbocycles. The fourth-order valence-corrected chi connectivity index (χ4v) is 3.16. The molecule has 3 atom stereocenters. The highest BCUT2D eigenvalue weighted by molar-refractivity contribution is 5.82. The Kier molecular flexibility index (Phi) is 3.38. The molecule has 1 aromatic carbocycles. The number of allylic oxidation sites excluding steroid dienone is 2. The normalized spacial score (nSPS) is 26.4. The lowest BCUT2D eigenvalue weighted by atomic mass is 9.79. The van der Waals surface area contributed by atoms with Crippen LogP contribution in [0.1, 0.15) is 24.8 Å². The summed E-state index contributed by atoms with van der Waals surface area (Å²) in [7, 11) is 1.67. The van der Waals surface area contributed by atoms with Gasteiger partial charge in [0.2, 0.25) is 0 Å². The molecule has 2 aliphatic rings. The lowest BCUT2D eigenvalue weighted by Crippen LogP contribution is -2.42. The number of carbonyl (C=O) groups excluding carboxylic acids is 1. The minimum atomic E-state index is -0.268. The molecule has 3 rings (SSSR count). The Balaban J connectivity index is 1.96. The largest absolute Gasteiger partial charge is 0.497 e. The molecule has 4 nitrogen and oxygen atoms in total. The molecule has 0 fully saturated rings. The van der Waals surface area contributed by atoms with Gasteiger partial charge in [-0.3, -0.25) is 0 Å². The van der Waals surface area contributed by atoms with Gasteiger partial charge in [0.05, 0.1) is 13.7 Å². The van der Waals surface area contributed by atoms with Crippen molar-refractivity contribution in [2.45, 2.75) is 25.3 Å². The van der Waals surface area contributed by atoms with Crippen molar-refractivity contribution in [3.05, 3.63) is 35.9 Å². The van der Waals surface area contributed by atoms with Gasteiger partial charge in [-0.1, -0.05) is 12.2 Å². The zero-order valence-corrected chi connectivity index (χ0v) is 11.8. The maximum Gasteiger partial charge on any atom is 0.328 e. The molecule has 0 radical (unpaired) electrons. The smallest absolute Gasteiger partial charge is 0.328 e. The van der Waals surface area contributed by atoms with Gasteiger partial charge in [0.15, 0.2) is 0 Å². The predicted molar refractivity (Wildman–Crippen MR) is 77.0 cm³/mol. The molecule has 1 unspecified atom stereocenters. The van der Waals surface area contributed by atoms with E-state index in [1.807, 2.05) is 19.1 Å². The van der Waals surface area contributed by atoms with E-state index in [0.29, 0.717) is 6.61 Å². The summed E-state index contributed by atoms with van der Waals surface area (Å²) < 4.78 is 10.5. The van der Waals surface area contributed by atoms with Crippen molar-refractivity contribution >= 4 is 11.7 Å². The molecule has 1 aromatic rings. The van der Waals surface area contributed by atoms with Gasteiger partial charge in [-0.15, -0.1) is 0 Å². The standard InChI is InChI=1S/C16H19NO3/c1-3-20-16(18)15-12-6-4-5-11(12)13-9-10(19-2)7-8-14(13)17-15/h4-5,7-9,11-12,15,17H,3,6H2,1-2H3/t11-,12+,15?/m0/s1. The Morgan fingerprint density at radius 2 is 2.30 bits per heavy atom. The molecule has 1 aliphatic heterocycles. The Morgan fingerprint density at radius 1 is 1.45 bits per heavy atom. The van der Waals surface area contributed by atoms with E-state index in [4.69, 9.17) is 9.47 Å².